The van der Waals surface area contributed by atoms with Crippen molar-refractivity contribution in [3.8, 4) is 0 Å². The van der Waals surface area contributed by atoms with Crippen molar-refractivity contribution in [2.24, 2.45) is 0 Å². The number of aromatic nitrogens is 1. The molecule has 32 heavy (non-hydrogen) atoms. The number of carbonyl (C=O) groups is 1. The highest BCUT2D eigenvalue weighted by Gasteiger charge is 2.25. The number of rotatable bonds is 7. The van der Waals surface area contributed by atoms with Crippen LogP contribution in [0.4, 0.5) is 15.9 Å². The molecule has 1 atom stereocenters. The van der Waals surface area contributed by atoms with Crippen LogP contribution in [0.5, 0.6) is 0 Å². The van der Waals surface area contributed by atoms with Crippen LogP contribution in [0.3, 0.4) is 0 Å². The molecule has 1 fully saturated rings. The van der Waals surface area contributed by atoms with Gasteiger partial charge in [0.05, 0.1) is 24.6 Å². The molecule has 0 spiro atoms. The number of pyridine rings is 1. The summed E-state index contributed by atoms with van der Waals surface area (Å²) in [5.41, 5.74) is 2.92. The van der Waals surface area contributed by atoms with Crippen molar-refractivity contribution >= 4 is 35.0 Å². The molecular weight excluding hydrogens is 429 g/mol. The summed E-state index contributed by atoms with van der Waals surface area (Å²) >= 11 is 6.22. The van der Waals surface area contributed by atoms with Crippen molar-refractivity contribution in [3.05, 3.63) is 94.6 Å². The largest absolute Gasteiger partial charge is 0.504 e. The van der Waals surface area contributed by atoms with Gasteiger partial charge in [0.15, 0.2) is 5.78 Å². The van der Waals surface area contributed by atoms with Gasteiger partial charge in [-0.2, -0.15) is 0 Å². The van der Waals surface area contributed by atoms with Gasteiger partial charge in [0.25, 0.3) is 0 Å². The van der Waals surface area contributed by atoms with Crippen LogP contribution in [0.1, 0.15) is 27.9 Å². The third-order valence-electron chi connectivity index (χ3n) is 5.40. The van der Waals surface area contributed by atoms with E-state index < -0.39 is 0 Å². The number of anilines is 2. The first kappa shape index (κ1) is 21.8. The summed E-state index contributed by atoms with van der Waals surface area (Å²) in [5.74, 6) is 0.167. The van der Waals surface area contributed by atoms with Gasteiger partial charge in [-0.1, -0.05) is 23.7 Å². The molecule has 5 nitrogen and oxygen atoms in total. The summed E-state index contributed by atoms with van der Waals surface area (Å²) in [7, 11) is 1.58. The molecule has 2 heterocycles. The average molecular weight is 452 g/mol. The number of hydrogen-bond donors (Lipinski definition) is 1. The van der Waals surface area contributed by atoms with E-state index in [1.165, 1.54) is 12.3 Å². The number of ether oxygens (including phenoxy) is 1. The summed E-state index contributed by atoms with van der Waals surface area (Å²) in [6, 6.07) is 15.9. The lowest BCUT2D eigenvalue weighted by molar-refractivity contribution is 0.103. The number of nitrogens with one attached hydrogen (secondary N) is 1. The minimum Gasteiger partial charge on any atom is -0.504 e. The average Bonchev–Trinajstić information content (AvgIpc) is 3.27. The minimum atomic E-state index is -0.357. The zero-order valence-corrected chi connectivity index (χ0v) is 18.3. The second-order valence-corrected chi connectivity index (χ2v) is 7.97. The molecular formula is C25H23ClFN3O2. The third-order valence-corrected chi connectivity index (χ3v) is 5.73. The van der Waals surface area contributed by atoms with Crippen molar-refractivity contribution in [3.63, 3.8) is 0 Å². The third kappa shape index (κ3) is 4.92. The molecule has 0 saturated carbocycles. The van der Waals surface area contributed by atoms with Gasteiger partial charge in [0.1, 0.15) is 11.6 Å². The van der Waals surface area contributed by atoms with Crippen molar-refractivity contribution in [2.75, 3.05) is 30.4 Å². The van der Waals surface area contributed by atoms with E-state index in [2.05, 4.69) is 15.2 Å². The van der Waals surface area contributed by atoms with Gasteiger partial charge in [0, 0.05) is 41.5 Å². The highest BCUT2D eigenvalue weighted by Crippen LogP contribution is 2.29. The van der Waals surface area contributed by atoms with Crippen molar-refractivity contribution in [2.45, 2.75) is 12.5 Å². The highest BCUT2D eigenvalue weighted by molar-refractivity contribution is 6.35. The van der Waals surface area contributed by atoms with Gasteiger partial charge >= 0.3 is 0 Å². The summed E-state index contributed by atoms with van der Waals surface area (Å²) in [6.45, 7) is 1.59. The maximum Gasteiger partial charge on any atom is 0.194 e. The summed E-state index contributed by atoms with van der Waals surface area (Å²) in [4.78, 5) is 19.3. The number of methoxy groups -OCH3 is 1. The Kier molecular flexibility index (Phi) is 6.71. The summed E-state index contributed by atoms with van der Waals surface area (Å²) in [5, 5.41) is 3.79. The van der Waals surface area contributed by atoms with Crippen molar-refractivity contribution in [1.82, 2.24) is 4.98 Å². The molecule has 4 rings (SSSR count). The maximum atomic E-state index is 13.1. The fraction of sp³-hybridized carbons (Fsp3) is 0.200. The molecule has 0 amide bonds. The Morgan fingerprint density at radius 3 is 2.84 bits per heavy atom. The summed E-state index contributed by atoms with van der Waals surface area (Å²) < 4.78 is 18.2. The Morgan fingerprint density at radius 1 is 1.25 bits per heavy atom. The van der Waals surface area contributed by atoms with Crippen LogP contribution >= 0.6 is 11.6 Å². The Labute approximate surface area is 191 Å². The van der Waals surface area contributed by atoms with Gasteiger partial charge < -0.3 is 15.0 Å². The first-order chi connectivity index (χ1) is 15.5. The maximum absolute atomic E-state index is 13.1. The number of hydrogen-bond acceptors (Lipinski definition) is 5. The van der Waals surface area contributed by atoms with Gasteiger partial charge in [-0.15, -0.1) is 0 Å². The quantitative estimate of drug-likeness (QED) is 0.384. The number of carbonyl (C=O) groups excluding carboxylic acids is 1. The topological polar surface area (TPSA) is 54.5 Å². The van der Waals surface area contributed by atoms with Crippen LogP contribution in [0, 0.1) is 5.82 Å². The van der Waals surface area contributed by atoms with E-state index in [0.717, 1.165) is 30.8 Å². The standard InChI is InChI=1S/C25H23ClFN3O2/c1-32-13-11-17-14-18(25(31)21-4-2-3-5-22(21)26)6-8-23(17)30-12-10-20(16-30)29-24-9-7-19(27)15-28-24/h2-9,11,13-15,20H,10,12,16H2,1H3,(H,28,29). The van der Waals surface area contributed by atoms with Crippen LogP contribution in [-0.2, 0) is 4.74 Å². The predicted molar refractivity (Wildman–Crippen MR) is 126 cm³/mol. The Balaban J connectivity index is 1.55. The van der Waals surface area contributed by atoms with Crippen LogP contribution in [-0.4, -0.2) is 37.0 Å². The fourth-order valence-electron chi connectivity index (χ4n) is 3.83. The molecule has 1 saturated heterocycles. The van der Waals surface area contributed by atoms with E-state index in [0.29, 0.717) is 22.0 Å². The van der Waals surface area contributed by atoms with Crippen LogP contribution in [0.15, 0.2) is 67.1 Å². The SMILES string of the molecule is COC=Cc1cc(C(=O)c2ccccc2Cl)ccc1N1CCC(Nc2ccc(F)cn2)C1. The number of halogens is 2. The smallest absolute Gasteiger partial charge is 0.194 e. The Morgan fingerprint density at radius 2 is 2.09 bits per heavy atom. The van der Waals surface area contributed by atoms with Crippen molar-refractivity contribution < 1.29 is 13.9 Å². The molecule has 0 bridgehead atoms. The molecule has 1 aliphatic heterocycles. The zero-order chi connectivity index (χ0) is 22.5. The van der Waals surface area contributed by atoms with Gasteiger partial charge in [-0.05, 0) is 55.0 Å². The molecule has 0 aliphatic carbocycles. The van der Waals surface area contributed by atoms with E-state index in [9.17, 15) is 9.18 Å². The predicted octanol–water partition coefficient (Wildman–Crippen LogP) is 5.41. The Bertz CT molecular complexity index is 1130. The molecule has 1 aromatic heterocycles. The molecule has 1 aliphatic rings. The van der Waals surface area contributed by atoms with E-state index in [1.807, 2.05) is 24.3 Å². The molecule has 1 unspecified atom stereocenters. The fourth-order valence-corrected chi connectivity index (χ4v) is 4.05. The van der Waals surface area contributed by atoms with Crippen LogP contribution in [0.25, 0.3) is 6.08 Å². The second-order valence-electron chi connectivity index (χ2n) is 7.56. The molecule has 2 aromatic carbocycles. The zero-order valence-electron chi connectivity index (χ0n) is 17.6. The lowest BCUT2D eigenvalue weighted by Gasteiger charge is -2.22. The lowest BCUT2D eigenvalue weighted by Crippen LogP contribution is -2.26. The van der Waals surface area contributed by atoms with Gasteiger partial charge in [0.2, 0.25) is 0 Å². The van der Waals surface area contributed by atoms with Crippen LogP contribution in [0.2, 0.25) is 5.02 Å². The van der Waals surface area contributed by atoms with E-state index in [1.54, 1.807) is 43.7 Å². The number of benzene rings is 2. The van der Waals surface area contributed by atoms with Gasteiger partial charge in [-0.25, -0.2) is 9.37 Å². The second kappa shape index (κ2) is 9.83. The highest BCUT2D eigenvalue weighted by atomic mass is 35.5. The van der Waals surface area contributed by atoms with E-state index in [4.69, 9.17) is 16.3 Å². The molecule has 164 valence electrons. The first-order valence-corrected chi connectivity index (χ1v) is 10.7. The number of nitrogens with zero attached hydrogens (tertiary/aromatic N) is 2. The van der Waals surface area contributed by atoms with Crippen molar-refractivity contribution in [1.29, 1.82) is 0 Å². The first-order valence-electron chi connectivity index (χ1n) is 10.3. The van der Waals surface area contributed by atoms with Crippen LogP contribution < -0.4 is 10.2 Å². The Hall–Kier alpha value is -3.38. The number of ketones is 1. The summed E-state index contributed by atoms with van der Waals surface area (Å²) in [6.07, 6.45) is 5.56. The lowest BCUT2D eigenvalue weighted by atomic mass is 9.99. The van der Waals surface area contributed by atoms with E-state index >= 15 is 0 Å². The molecule has 1 N–H and O–H groups in total. The molecule has 3 aromatic rings. The molecule has 7 heteroatoms. The van der Waals surface area contributed by atoms with Gasteiger partial charge in [-0.3, -0.25) is 4.79 Å². The normalized spacial score (nSPS) is 15.8. The minimum absolute atomic E-state index is 0.127. The monoisotopic (exact) mass is 451 g/mol. The molecule has 0 radical (unpaired) electrons. The van der Waals surface area contributed by atoms with E-state index in [-0.39, 0.29) is 17.6 Å².